The molecule has 0 spiro atoms. The molecule has 4 rings (SSSR count). The van der Waals surface area contributed by atoms with E-state index in [9.17, 15) is 26.0 Å². The van der Waals surface area contributed by atoms with Crippen LogP contribution in [0.4, 0.5) is 15.8 Å². The lowest BCUT2D eigenvalue weighted by Crippen LogP contribution is -2.40. The number of hydrogen-bond acceptors (Lipinski definition) is 7. The maximum Gasteiger partial charge on any atom is 0.264 e. The van der Waals surface area contributed by atoms with Crippen LogP contribution >= 0.6 is 0 Å². The van der Waals surface area contributed by atoms with E-state index in [2.05, 4.69) is 5.32 Å². The number of nitrogens with one attached hydrogen (secondary N) is 1. The van der Waals surface area contributed by atoms with Gasteiger partial charge in [0.05, 0.1) is 30.9 Å². The van der Waals surface area contributed by atoms with Crippen LogP contribution in [0.5, 0.6) is 5.75 Å². The zero-order valence-electron chi connectivity index (χ0n) is 20.4. The quantitative estimate of drug-likeness (QED) is 0.425. The monoisotopic (exact) mass is 563 g/mol. The summed E-state index contributed by atoms with van der Waals surface area (Å²) in [6.45, 7) is 0.248. The molecular formula is C25H26FN3O7S2. The molecule has 1 amide bonds. The van der Waals surface area contributed by atoms with Crippen molar-refractivity contribution in [3.05, 3.63) is 78.6 Å². The fourth-order valence-corrected chi connectivity index (χ4v) is 6.87. The molecule has 38 heavy (non-hydrogen) atoms. The van der Waals surface area contributed by atoms with E-state index in [4.69, 9.17) is 9.47 Å². The Morgan fingerprint density at radius 3 is 2.29 bits per heavy atom. The Bertz CT molecular complexity index is 1490. The molecule has 1 aliphatic rings. The van der Waals surface area contributed by atoms with Gasteiger partial charge in [-0.2, -0.15) is 4.31 Å². The van der Waals surface area contributed by atoms with E-state index in [1.807, 2.05) is 0 Å². The summed E-state index contributed by atoms with van der Waals surface area (Å²) >= 11 is 0. The standard InChI is InChI=1S/C25H26FN3O7S2/c1-35-23-12-9-20(17-24(23)38(33,34)28-13-15-36-16-14-28)27-25(30)18-29(21-5-3-2-4-6-21)37(31,32)22-10-7-19(26)8-11-22/h2-12,17H,13-16,18H2,1H3,(H,27,30). The summed E-state index contributed by atoms with van der Waals surface area (Å²) in [6.07, 6.45) is 0. The number of nitrogens with zero attached hydrogens (tertiary/aromatic N) is 2. The van der Waals surface area contributed by atoms with Crippen molar-refractivity contribution in [3.63, 3.8) is 0 Å². The van der Waals surface area contributed by atoms with E-state index in [0.717, 1.165) is 28.6 Å². The number of carbonyl (C=O) groups excluding carboxylic acids is 1. The maximum absolute atomic E-state index is 13.4. The van der Waals surface area contributed by atoms with Crippen molar-refractivity contribution in [2.45, 2.75) is 9.79 Å². The molecule has 1 aliphatic heterocycles. The molecule has 1 saturated heterocycles. The molecular weight excluding hydrogens is 537 g/mol. The van der Waals surface area contributed by atoms with Gasteiger partial charge in [0.15, 0.2) is 0 Å². The number of ether oxygens (including phenoxy) is 2. The molecule has 0 unspecified atom stereocenters. The minimum Gasteiger partial charge on any atom is -0.495 e. The fourth-order valence-electron chi connectivity index (χ4n) is 3.86. The molecule has 0 atom stereocenters. The number of carbonyl (C=O) groups is 1. The molecule has 0 saturated carbocycles. The van der Waals surface area contributed by atoms with Gasteiger partial charge in [-0.25, -0.2) is 21.2 Å². The Morgan fingerprint density at radius 2 is 1.66 bits per heavy atom. The maximum atomic E-state index is 13.4. The molecule has 3 aromatic carbocycles. The molecule has 202 valence electrons. The predicted octanol–water partition coefficient (Wildman–Crippen LogP) is 2.69. The fraction of sp³-hybridized carbons (Fsp3) is 0.240. The number of morpholine rings is 1. The van der Waals surface area contributed by atoms with Gasteiger partial charge >= 0.3 is 0 Å². The molecule has 0 aliphatic carbocycles. The molecule has 1 fully saturated rings. The summed E-state index contributed by atoms with van der Waals surface area (Å²) < 4.78 is 79.3. The average molecular weight is 564 g/mol. The second-order valence-corrected chi connectivity index (χ2v) is 12.0. The first kappa shape index (κ1) is 27.5. The highest BCUT2D eigenvalue weighted by atomic mass is 32.2. The van der Waals surface area contributed by atoms with Crippen molar-refractivity contribution in [1.29, 1.82) is 0 Å². The second kappa shape index (κ2) is 11.5. The van der Waals surface area contributed by atoms with Crippen LogP contribution in [-0.2, 0) is 29.6 Å². The van der Waals surface area contributed by atoms with Gasteiger partial charge in [0.1, 0.15) is 23.0 Å². The Morgan fingerprint density at radius 1 is 1.00 bits per heavy atom. The smallest absolute Gasteiger partial charge is 0.264 e. The number of rotatable bonds is 9. The third kappa shape index (κ3) is 5.96. The summed E-state index contributed by atoms with van der Waals surface area (Å²) in [5, 5.41) is 2.57. The van der Waals surface area contributed by atoms with E-state index in [1.165, 1.54) is 41.7 Å². The highest BCUT2D eigenvalue weighted by Crippen LogP contribution is 2.30. The van der Waals surface area contributed by atoms with Gasteiger partial charge in [-0.05, 0) is 54.6 Å². The normalized spacial score (nSPS) is 14.6. The van der Waals surface area contributed by atoms with Gasteiger partial charge in [0.25, 0.3) is 10.0 Å². The Hall–Kier alpha value is -3.52. The van der Waals surface area contributed by atoms with Crippen LogP contribution in [0.15, 0.2) is 82.6 Å². The number of halogens is 1. The summed E-state index contributed by atoms with van der Waals surface area (Å²) in [5.74, 6) is -1.23. The van der Waals surface area contributed by atoms with Crippen molar-refractivity contribution in [3.8, 4) is 5.75 Å². The second-order valence-electron chi connectivity index (χ2n) is 8.23. The van der Waals surface area contributed by atoms with Crippen LogP contribution in [0.1, 0.15) is 0 Å². The Labute approximate surface area is 220 Å². The summed E-state index contributed by atoms with van der Waals surface area (Å²) in [6, 6.07) is 16.4. The molecule has 10 nitrogen and oxygen atoms in total. The first-order chi connectivity index (χ1) is 18.1. The van der Waals surface area contributed by atoms with Gasteiger partial charge in [-0.3, -0.25) is 9.10 Å². The Balaban J connectivity index is 1.62. The van der Waals surface area contributed by atoms with Crippen LogP contribution in [-0.4, -0.2) is 67.0 Å². The van der Waals surface area contributed by atoms with Crippen molar-refractivity contribution in [1.82, 2.24) is 4.31 Å². The number of anilines is 2. The first-order valence-electron chi connectivity index (χ1n) is 11.5. The summed E-state index contributed by atoms with van der Waals surface area (Å²) in [4.78, 5) is 12.7. The molecule has 0 aromatic heterocycles. The number of benzene rings is 3. The lowest BCUT2D eigenvalue weighted by atomic mass is 10.3. The molecule has 0 bridgehead atoms. The lowest BCUT2D eigenvalue weighted by molar-refractivity contribution is -0.114. The van der Waals surface area contributed by atoms with Crippen LogP contribution in [0.2, 0.25) is 0 Å². The van der Waals surface area contributed by atoms with Gasteiger partial charge in [-0.15, -0.1) is 0 Å². The molecule has 3 aromatic rings. The van der Waals surface area contributed by atoms with E-state index >= 15 is 0 Å². The van der Waals surface area contributed by atoms with Crippen LogP contribution < -0.4 is 14.4 Å². The minimum atomic E-state index is -4.24. The average Bonchev–Trinajstić information content (AvgIpc) is 2.93. The molecule has 13 heteroatoms. The zero-order chi connectivity index (χ0) is 27.3. The molecule has 1 heterocycles. The predicted molar refractivity (Wildman–Crippen MR) is 139 cm³/mol. The first-order valence-corrected chi connectivity index (χ1v) is 14.4. The van der Waals surface area contributed by atoms with E-state index < -0.39 is 38.3 Å². The molecule has 0 radical (unpaired) electrons. The SMILES string of the molecule is COc1ccc(NC(=O)CN(c2ccccc2)S(=O)(=O)c2ccc(F)cc2)cc1S(=O)(=O)N1CCOCC1. The largest absolute Gasteiger partial charge is 0.495 e. The topological polar surface area (TPSA) is 122 Å². The summed E-state index contributed by atoms with van der Waals surface area (Å²) in [5.41, 5.74) is 0.354. The van der Waals surface area contributed by atoms with Gasteiger partial charge < -0.3 is 14.8 Å². The number of methoxy groups -OCH3 is 1. The molecule has 1 N–H and O–H groups in total. The number of hydrogen-bond donors (Lipinski definition) is 1. The minimum absolute atomic E-state index is 0.0966. The Kier molecular flexibility index (Phi) is 8.31. The van der Waals surface area contributed by atoms with Crippen LogP contribution in [0.3, 0.4) is 0 Å². The third-order valence-corrected chi connectivity index (χ3v) is 9.48. The third-order valence-electron chi connectivity index (χ3n) is 5.77. The van der Waals surface area contributed by atoms with Crippen LogP contribution in [0, 0.1) is 5.82 Å². The van der Waals surface area contributed by atoms with Crippen molar-refractivity contribution >= 4 is 37.3 Å². The van der Waals surface area contributed by atoms with Gasteiger partial charge in [-0.1, -0.05) is 18.2 Å². The highest BCUT2D eigenvalue weighted by Gasteiger charge is 2.31. The summed E-state index contributed by atoms with van der Waals surface area (Å²) in [7, 11) is -6.86. The number of amides is 1. The lowest BCUT2D eigenvalue weighted by Gasteiger charge is -2.27. The van der Waals surface area contributed by atoms with E-state index in [-0.39, 0.29) is 53.2 Å². The van der Waals surface area contributed by atoms with Crippen molar-refractivity contribution in [2.75, 3.05) is 49.6 Å². The van der Waals surface area contributed by atoms with E-state index in [0.29, 0.717) is 0 Å². The van der Waals surface area contributed by atoms with Crippen molar-refractivity contribution < 1.29 is 35.5 Å². The van der Waals surface area contributed by atoms with Gasteiger partial charge in [0, 0.05) is 18.8 Å². The van der Waals surface area contributed by atoms with Crippen LogP contribution in [0.25, 0.3) is 0 Å². The van der Waals surface area contributed by atoms with E-state index in [1.54, 1.807) is 18.2 Å². The zero-order valence-corrected chi connectivity index (χ0v) is 22.0. The van der Waals surface area contributed by atoms with Crippen molar-refractivity contribution in [2.24, 2.45) is 0 Å². The number of sulfonamides is 2. The van der Waals surface area contributed by atoms with Gasteiger partial charge in [0.2, 0.25) is 15.9 Å². The highest BCUT2D eigenvalue weighted by molar-refractivity contribution is 7.92. The number of para-hydroxylation sites is 1.